The van der Waals surface area contributed by atoms with E-state index in [1.807, 2.05) is 4.90 Å². The predicted molar refractivity (Wildman–Crippen MR) is 99.8 cm³/mol. The average molecular weight is 358 g/mol. The molecule has 0 bridgehead atoms. The molecule has 4 nitrogen and oxygen atoms in total. The smallest absolute Gasteiger partial charge is 0.246 e. The van der Waals surface area contributed by atoms with Crippen molar-refractivity contribution >= 4 is 17.4 Å². The first-order valence-electron chi connectivity index (χ1n) is 9.54. The van der Waals surface area contributed by atoms with Gasteiger partial charge in [0, 0.05) is 44.2 Å². The maximum Gasteiger partial charge on any atom is 0.246 e. The molecular formula is C21H27FN2O2. The molecule has 2 heterocycles. The second-order valence-electron chi connectivity index (χ2n) is 7.37. The lowest BCUT2D eigenvalue weighted by Gasteiger charge is -2.32. The van der Waals surface area contributed by atoms with E-state index in [4.69, 9.17) is 0 Å². The van der Waals surface area contributed by atoms with E-state index >= 15 is 0 Å². The van der Waals surface area contributed by atoms with Crippen molar-refractivity contribution in [2.45, 2.75) is 39.0 Å². The molecule has 2 amide bonds. The number of rotatable bonds is 4. The summed E-state index contributed by atoms with van der Waals surface area (Å²) >= 11 is 0. The Labute approximate surface area is 154 Å². The molecule has 1 aromatic carbocycles. The minimum atomic E-state index is -0.312. The highest BCUT2D eigenvalue weighted by Crippen LogP contribution is 2.24. The van der Waals surface area contributed by atoms with E-state index in [2.05, 4.69) is 0 Å². The summed E-state index contributed by atoms with van der Waals surface area (Å²) < 4.78 is 13.8. The van der Waals surface area contributed by atoms with Crippen LogP contribution in [0.5, 0.6) is 0 Å². The summed E-state index contributed by atoms with van der Waals surface area (Å²) in [5.74, 6) is 0.245. The van der Waals surface area contributed by atoms with Crippen molar-refractivity contribution in [2.75, 3.05) is 26.2 Å². The standard InChI is InChI=1S/C21H27FN2O2/c1-16(18-6-2-3-7-19(18)22)14-20(25)24-12-8-17(9-13-24)15-21(26)23-10-4-5-11-23/h2-3,6-7,14,17H,4-5,8-13,15H2,1H3/b16-14+. The minimum Gasteiger partial charge on any atom is -0.343 e. The zero-order valence-electron chi connectivity index (χ0n) is 15.4. The van der Waals surface area contributed by atoms with Gasteiger partial charge < -0.3 is 9.80 Å². The van der Waals surface area contributed by atoms with Gasteiger partial charge in [0.2, 0.25) is 11.8 Å². The highest BCUT2D eigenvalue weighted by atomic mass is 19.1. The van der Waals surface area contributed by atoms with Gasteiger partial charge in [-0.1, -0.05) is 18.2 Å². The van der Waals surface area contributed by atoms with Gasteiger partial charge in [0.15, 0.2) is 0 Å². The fraction of sp³-hybridized carbons (Fsp3) is 0.524. The number of halogens is 1. The van der Waals surface area contributed by atoms with Crippen molar-refractivity contribution in [3.05, 3.63) is 41.7 Å². The van der Waals surface area contributed by atoms with Crippen LogP contribution in [0, 0.1) is 11.7 Å². The van der Waals surface area contributed by atoms with E-state index in [0.29, 0.717) is 36.6 Å². The van der Waals surface area contributed by atoms with Gasteiger partial charge in [-0.3, -0.25) is 9.59 Å². The third-order valence-electron chi connectivity index (χ3n) is 5.49. The largest absolute Gasteiger partial charge is 0.343 e. The molecule has 2 aliphatic rings. The molecule has 0 radical (unpaired) electrons. The highest BCUT2D eigenvalue weighted by Gasteiger charge is 2.26. The Morgan fingerprint density at radius 1 is 1.08 bits per heavy atom. The number of likely N-dealkylation sites (tertiary alicyclic amines) is 2. The lowest BCUT2D eigenvalue weighted by atomic mass is 9.93. The van der Waals surface area contributed by atoms with E-state index in [0.717, 1.165) is 38.8 Å². The SMILES string of the molecule is C/C(=C\C(=O)N1CCC(CC(=O)N2CCCC2)CC1)c1ccccc1F. The fourth-order valence-corrected chi connectivity index (χ4v) is 3.84. The number of hydrogen-bond donors (Lipinski definition) is 0. The van der Waals surface area contributed by atoms with Crippen LogP contribution in [0.15, 0.2) is 30.3 Å². The van der Waals surface area contributed by atoms with Crippen LogP contribution in [-0.2, 0) is 9.59 Å². The Kier molecular flexibility index (Phi) is 6.07. The molecule has 0 aromatic heterocycles. The molecule has 26 heavy (non-hydrogen) atoms. The minimum absolute atomic E-state index is 0.0740. The average Bonchev–Trinajstić information content (AvgIpc) is 3.17. The number of carbonyl (C=O) groups excluding carboxylic acids is 2. The fourth-order valence-electron chi connectivity index (χ4n) is 3.84. The first-order valence-corrected chi connectivity index (χ1v) is 9.54. The molecule has 140 valence electrons. The van der Waals surface area contributed by atoms with E-state index in [1.54, 1.807) is 30.0 Å². The molecule has 3 rings (SSSR count). The topological polar surface area (TPSA) is 40.6 Å². The molecule has 0 atom stereocenters. The maximum absolute atomic E-state index is 13.8. The molecule has 0 saturated carbocycles. The van der Waals surface area contributed by atoms with Crippen LogP contribution in [0.1, 0.15) is 44.6 Å². The number of amides is 2. The molecule has 2 fully saturated rings. The third-order valence-corrected chi connectivity index (χ3v) is 5.49. The van der Waals surface area contributed by atoms with Gasteiger partial charge in [0.1, 0.15) is 5.82 Å². The van der Waals surface area contributed by atoms with Crippen LogP contribution < -0.4 is 0 Å². The molecule has 2 aliphatic heterocycles. The number of carbonyl (C=O) groups is 2. The van der Waals surface area contributed by atoms with Gasteiger partial charge in [-0.25, -0.2) is 4.39 Å². The van der Waals surface area contributed by atoms with Crippen molar-refractivity contribution in [2.24, 2.45) is 5.92 Å². The van der Waals surface area contributed by atoms with Crippen molar-refractivity contribution in [3.8, 4) is 0 Å². The van der Waals surface area contributed by atoms with Crippen molar-refractivity contribution in [1.29, 1.82) is 0 Å². The van der Waals surface area contributed by atoms with Crippen LogP contribution in [-0.4, -0.2) is 47.8 Å². The number of piperidine rings is 1. The molecule has 1 aromatic rings. The molecular weight excluding hydrogens is 331 g/mol. The second kappa shape index (κ2) is 8.47. The monoisotopic (exact) mass is 358 g/mol. The van der Waals surface area contributed by atoms with E-state index in [9.17, 15) is 14.0 Å². The maximum atomic E-state index is 13.8. The summed E-state index contributed by atoms with van der Waals surface area (Å²) in [5, 5.41) is 0. The van der Waals surface area contributed by atoms with Crippen molar-refractivity contribution < 1.29 is 14.0 Å². The Balaban J connectivity index is 1.51. The number of hydrogen-bond acceptors (Lipinski definition) is 2. The Morgan fingerprint density at radius 2 is 1.73 bits per heavy atom. The van der Waals surface area contributed by atoms with Gasteiger partial charge in [-0.2, -0.15) is 0 Å². The van der Waals surface area contributed by atoms with E-state index < -0.39 is 0 Å². The third kappa shape index (κ3) is 4.51. The Hall–Kier alpha value is -2.17. The van der Waals surface area contributed by atoms with Gasteiger partial charge in [-0.05, 0) is 50.2 Å². The summed E-state index contributed by atoms with van der Waals surface area (Å²) in [4.78, 5) is 28.5. The zero-order chi connectivity index (χ0) is 18.5. The van der Waals surface area contributed by atoms with E-state index in [1.165, 1.54) is 12.1 Å². The highest BCUT2D eigenvalue weighted by molar-refractivity contribution is 5.95. The normalized spacial score (nSPS) is 19.1. The van der Waals surface area contributed by atoms with Gasteiger partial charge >= 0.3 is 0 Å². The van der Waals surface area contributed by atoms with Crippen LogP contribution in [0.25, 0.3) is 5.57 Å². The summed E-state index contributed by atoms with van der Waals surface area (Å²) in [6.45, 7) is 4.89. The van der Waals surface area contributed by atoms with Gasteiger partial charge in [0.25, 0.3) is 0 Å². The van der Waals surface area contributed by atoms with E-state index in [-0.39, 0.29) is 17.6 Å². The summed E-state index contributed by atoms with van der Waals surface area (Å²) in [7, 11) is 0. The number of benzene rings is 1. The molecule has 0 aliphatic carbocycles. The second-order valence-corrected chi connectivity index (χ2v) is 7.37. The van der Waals surface area contributed by atoms with Crippen LogP contribution in [0.4, 0.5) is 4.39 Å². The summed E-state index contributed by atoms with van der Waals surface area (Å²) in [6.07, 6.45) is 6.08. The van der Waals surface area contributed by atoms with Gasteiger partial charge in [-0.15, -0.1) is 0 Å². The molecule has 0 unspecified atom stereocenters. The zero-order valence-corrected chi connectivity index (χ0v) is 15.4. The lowest BCUT2D eigenvalue weighted by molar-refractivity contribution is -0.131. The molecule has 0 spiro atoms. The summed E-state index contributed by atoms with van der Waals surface area (Å²) in [5.41, 5.74) is 1.10. The van der Waals surface area contributed by atoms with Crippen LogP contribution in [0.2, 0.25) is 0 Å². The van der Waals surface area contributed by atoms with Crippen molar-refractivity contribution in [1.82, 2.24) is 9.80 Å². The Bertz CT molecular complexity index is 687. The number of nitrogens with zero attached hydrogens (tertiary/aromatic N) is 2. The van der Waals surface area contributed by atoms with Crippen molar-refractivity contribution in [3.63, 3.8) is 0 Å². The first kappa shape index (κ1) is 18.6. The predicted octanol–water partition coefficient (Wildman–Crippen LogP) is 3.48. The lowest BCUT2D eigenvalue weighted by Crippen LogP contribution is -2.39. The van der Waals surface area contributed by atoms with Gasteiger partial charge in [0.05, 0.1) is 0 Å². The molecule has 2 saturated heterocycles. The Morgan fingerprint density at radius 3 is 2.38 bits per heavy atom. The summed E-state index contributed by atoms with van der Waals surface area (Å²) in [6, 6.07) is 6.50. The quantitative estimate of drug-likeness (QED) is 0.773. The van der Waals surface area contributed by atoms with Crippen LogP contribution in [0.3, 0.4) is 0 Å². The number of allylic oxidation sites excluding steroid dienone is 1. The first-order chi connectivity index (χ1) is 12.5. The van der Waals surface area contributed by atoms with Crippen LogP contribution >= 0.6 is 0 Å². The molecule has 0 N–H and O–H groups in total. The molecule has 5 heteroatoms.